The zero-order chi connectivity index (χ0) is 19.9. The molecule has 1 atom stereocenters. The van der Waals surface area contributed by atoms with Crippen LogP contribution in [-0.2, 0) is 14.8 Å². The minimum Gasteiger partial charge on any atom is -0.481 e. The molecular weight excluding hydrogens is 364 g/mol. The third-order valence-corrected chi connectivity index (χ3v) is 5.98. The SMILES string of the molecule is CC[C@@H](Oc1ccc(N(C)S(C)(=O)=O)cc1)C(=O)NCCC1=CCCCC1. The number of allylic oxidation sites excluding steroid dienone is 1. The highest BCUT2D eigenvalue weighted by Crippen LogP contribution is 2.22. The van der Waals surface area contributed by atoms with Crippen LogP contribution < -0.4 is 14.4 Å². The number of carbonyl (C=O) groups is 1. The van der Waals surface area contributed by atoms with Crippen LogP contribution in [0.4, 0.5) is 5.69 Å². The summed E-state index contributed by atoms with van der Waals surface area (Å²) in [7, 11) is -1.81. The number of carbonyl (C=O) groups excluding carboxylic acids is 1. The number of nitrogens with one attached hydrogen (secondary N) is 1. The van der Waals surface area contributed by atoms with Gasteiger partial charge in [-0.2, -0.15) is 0 Å². The van der Waals surface area contributed by atoms with E-state index in [9.17, 15) is 13.2 Å². The summed E-state index contributed by atoms with van der Waals surface area (Å²) in [6.45, 7) is 2.53. The Morgan fingerprint density at radius 2 is 1.96 bits per heavy atom. The molecule has 1 aromatic carbocycles. The van der Waals surface area contributed by atoms with E-state index in [-0.39, 0.29) is 5.91 Å². The van der Waals surface area contributed by atoms with Gasteiger partial charge in [0.1, 0.15) is 5.75 Å². The van der Waals surface area contributed by atoms with E-state index in [1.54, 1.807) is 24.3 Å². The lowest BCUT2D eigenvalue weighted by Crippen LogP contribution is -2.38. The molecule has 0 radical (unpaired) electrons. The van der Waals surface area contributed by atoms with Crippen LogP contribution in [-0.4, -0.2) is 40.3 Å². The molecule has 1 aliphatic rings. The van der Waals surface area contributed by atoms with Gasteiger partial charge in [0.05, 0.1) is 11.9 Å². The van der Waals surface area contributed by atoms with Crippen molar-refractivity contribution in [1.82, 2.24) is 5.32 Å². The average Bonchev–Trinajstić information content (AvgIpc) is 2.66. The molecule has 0 saturated heterocycles. The van der Waals surface area contributed by atoms with E-state index in [0.29, 0.717) is 24.4 Å². The summed E-state index contributed by atoms with van der Waals surface area (Å²) in [5, 5.41) is 2.96. The van der Waals surface area contributed by atoms with Crippen molar-refractivity contribution < 1.29 is 17.9 Å². The maximum atomic E-state index is 12.4. The average molecular weight is 395 g/mol. The van der Waals surface area contributed by atoms with Gasteiger partial charge in [0.15, 0.2) is 6.10 Å². The summed E-state index contributed by atoms with van der Waals surface area (Å²) in [5.74, 6) is 0.420. The third kappa shape index (κ3) is 6.57. The van der Waals surface area contributed by atoms with Crippen LogP contribution in [0.3, 0.4) is 0 Å². The molecule has 0 unspecified atom stereocenters. The van der Waals surface area contributed by atoms with E-state index in [2.05, 4.69) is 11.4 Å². The van der Waals surface area contributed by atoms with E-state index >= 15 is 0 Å². The quantitative estimate of drug-likeness (QED) is 0.653. The summed E-state index contributed by atoms with van der Waals surface area (Å²) in [4.78, 5) is 12.4. The number of hydrogen-bond acceptors (Lipinski definition) is 4. The lowest BCUT2D eigenvalue weighted by atomic mass is 9.97. The van der Waals surface area contributed by atoms with Crippen LogP contribution in [0.2, 0.25) is 0 Å². The second-order valence-electron chi connectivity index (χ2n) is 6.89. The summed E-state index contributed by atoms with van der Waals surface area (Å²) in [6, 6.07) is 6.69. The van der Waals surface area contributed by atoms with Gasteiger partial charge >= 0.3 is 0 Å². The highest BCUT2D eigenvalue weighted by atomic mass is 32.2. The highest BCUT2D eigenvalue weighted by Gasteiger charge is 2.19. The van der Waals surface area contributed by atoms with Gasteiger partial charge in [0.2, 0.25) is 10.0 Å². The lowest BCUT2D eigenvalue weighted by Gasteiger charge is -2.20. The zero-order valence-corrected chi connectivity index (χ0v) is 17.2. The van der Waals surface area contributed by atoms with E-state index in [1.165, 1.54) is 29.8 Å². The fourth-order valence-corrected chi connectivity index (χ4v) is 3.51. The number of rotatable bonds is 9. The molecule has 0 heterocycles. The first-order chi connectivity index (χ1) is 12.8. The first-order valence-corrected chi connectivity index (χ1v) is 11.3. The predicted octanol–water partition coefficient (Wildman–Crippen LogP) is 3.25. The second-order valence-corrected chi connectivity index (χ2v) is 8.90. The fraction of sp³-hybridized carbons (Fsp3) is 0.550. The minimum atomic E-state index is -3.31. The normalized spacial score (nSPS) is 15.6. The first-order valence-electron chi connectivity index (χ1n) is 9.47. The number of anilines is 1. The Labute approximate surface area is 162 Å². The van der Waals surface area contributed by atoms with Crippen LogP contribution in [0, 0.1) is 0 Å². The van der Waals surface area contributed by atoms with Crippen molar-refractivity contribution in [2.45, 2.75) is 51.6 Å². The largest absolute Gasteiger partial charge is 0.481 e. The standard InChI is InChI=1S/C20H30N2O4S/c1-4-19(20(23)21-15-14-16-8-6-5-7-9-16)26-18-12-10-17(11-13-18)22(2)27(3,24)25/h8,10-13,19H,4-7,9,14-15H2,1-3H3,(H,21,23)/t19-/m1/s1. The Hall–Kier alpha value is -2.02. The van der Waals surface area contributed by atoms with Gasteiger partial charge in [-0.15, -0.1) is 0 Å². The topological polar surface area (TPSA) is 75.7 Å². The fourth-order valence-electron chi connectivity index (χ4n) is 3.00. The predicted molar refractivity (Wildman–Crippen MR) is 109 cm³/mol. The molecule has 0 fully saturated rings. The molecule has 0 saturated carbocycles. The maximum Gasteiger partial charge on any atom is 0.261 e. The van der Waals surface area contributed by atoms with E-state index < -0.39 is 16.1 Å². The molecule has 0 aliphatic heterocycles. The molecule has 1 aliphatic carbocycles. The summed E-state index contributed by atoms with van der Waals surface area (Å²) in [6.07, 6.45) is 9.12. The number of amides is 1. The van der Waals surface area contributed by atoms with Gasteiger partial charge in [-0.05, 0) is 62.8 Å². The van der Waals surface area contributed by atoms with Gasteiger partial charge in [-0.25, -0.2) is 8.42 Å². The van der Waals surface area contributed by atoms with Crippen molar-refractivity contribution >= 4 is 21.6 Å². The van der Waals surface area contributed by atoms with Crippen LogP contribution in [0.5, 0.6) is 5.75 Å². The van der Waals surface area contributed by atoms with Crippen molar-refractivity contribution in [2.24, 2.45) is 0 Å². The molecule has 27 heavy (non-hydrogen) atoms. The van der Waals surface area contributed by atoms with Crippen LogP contribution in [0.1, 0.15) is 45.4 Å². The Balaban J connectivity index is 1.87. The molecule has 0 aromatic heterocycles. The van der Waals surface area contributed by atoms with Gasteiger partial charge in [-0.3, -0.25) is 9.10 Å². The number of nitrogens with zero attached hydrogens (tertiary/aromatic N) is 1. The van der Waals surface area contributed by atoms with Gasteiger partial charge in [-0.1, -0.05) is 18.6 Å². The van der Waals surface area contributed by atoms with Crippen molar-refractivity contribution in [3.05, 3.63) is 35.9 Å². The lowest BCUT2D eigenvalue weighted by molar-refractivity contribution is -0.128. The molecule has 150 valence electrons. The van der Waals surface area contributed by atoms with Gasteiger partial charge in [0, 0.05) is 13.6 Å². The third-order valence-electron chi connectivity index (χ3n) is 4.77. The van der Waals surface area contributed by atoms with Crippen molar-refractivity contribution in [2.75, 3.05) is 24.2 Å². The van der Waals surface area contributed by atoms with Gasteiger partial charge < -0.3 is 10.1 Å². The van der Waals surface area contributed by atoms with Crippen LogP contribution in [0.15, 0.2) is 35.9 Å². The summed E-state index contributed by atoms with van der Waals surface area (Å²) in [5.41, 5.74) is 1.98. The van der Waals surface area contributed by atoms with Crippen molar-refractivity contribution in [3.8, 4) is 5.75 Å². The zero-order valence-electron chi connectivity index (χ0n) is 16.4. The smallest absolute Gasteiger partial charge is 0.261 e. The Morgan fingerprint density at radius 3 is 2.52 bits per heavy atom. The Morgan fingerprint density at radius 1 is 1.26 bits per heavy atom. The summed E-state index contributed by atoms with van der Waals surface area (Å²) < 4.78 is 30.2. The molecule has 6 nitrogen and oxygen atoms in total. The van der Waals surface area contributed by atoms with Crippen molar-refractivity contribution in [1.29, 1.82) is 0 Å². The molecule has 1 N–H and O–H groups in total. The van der Waals surface area contributed by atoms with E-state index in [1.807, 2.05) is 6.92 Å². The molecular formula is C20H30N2O4S. The number of sulfonamides is 1. The van der Waals surface area contributed by atoms with E-state index in [4.69, 9.17) is 4.74 Å². The molecule has 1 aromatic rings. The van der Waals surface area contributed by atoms with Gasteiger partial charge in [0.25, 0.3) is 5.91 Å². The molecule has 2 rings (SSSR count). The number of ether oxygens (including phenoxy) is 1. The summed E-state index contributed by atoms with van der Waals surface area (Å²) >= 11 is 0. The molecule has 7 heteroatoms. The molecule has 0 spiro atoms. The Kier molecular flexibility index (Phi) is 7.71. The molecule has 0 bridgehead atoms. The first kappa shape index (κ1) is 21.3. The van der Waals surface area contributed by atoms with Crippen LogP contribution >= 0.6 is 0 Å². The minimum absolute atomic E-state index is 0.119. The monoisotopic (exact) mass is 394 g/mol. The van der Waals surface area contributed by atoms with E-state index in [0.717, 1.165) is 25.5 Å². The Bertz CT molecular complexity index is 757. The van der Waals surface area contributed by atoms with Crippen molar-refractivity contribution in [3.63, 3.8) is 0 Å². The second kappa shape index (κ2) is 9.78. The number of hydrogen-bond donors (Lipinski definition) is 1. The molecule has 1 amide bonds. The number of benzene rings is 1. The highest BCUT2D eigenvalue weighted by molar-refractivity contribution is 7.92. The van der Waals surface area contributed by atoms with Crippen LogP contribution in [0.25, 0.3) is 0 Å². The maximum absolute atomic E-state index is 12.4.